The van der Waals surface area contributed by atoms with Crippen LogP contribution in [0.25, 0.3) is 0 Å². The molecule has 0 saturated heterocycles. The zero-order valence-electron chi connectivity index (χ0n) is 12.1. The molecule has 0 unspecified atom stereocenters. The molecule has 1 aromatic carbocycles. The molecule has 0 fully saturated rings. The third-order valence-electron chi connectivity index (χ3n) is 3.09. The number of rotatable bonds is 7. The highest BCUT2D eigenvalue weighted by Crippen LogP contribution is 2.10. The lowest BCUT2D eigenvalue weighted by Gasteiger charge is -2.15. The first-order chi connectivity index (χ1) is 8.67. The second-order valence-corrected chi connectivity index (χ2v) is 4.55. The van der Waals surface area contributed by atoms with Gasteiger partial charge in [-0.1, -0.05) is 26.0 Å². The smallest absolute Gasteiger partial charge is 0.0517 e. The zero-order chi connectivity index (χ0) is 13.4. The van der Waals surface area contributed by atoms with Crippen molar-refractivity contribution in [3.8, 4) is 0 Å². The number of aliphatic imine (C=N–C) groups is 1. The summed E-state index contributed by atoms with van der Waals surface area (Å²) in [5.41, 5.74) is 2.38. The summed E-state index contributed by atoms with van der Waals surface area (Å²) in [6, 6.07) is 8.45. The molecule has 0 saturated carbocycles. The van der Waals surface area contributed by atoms with Crippen LogP contribution in [-0.4, -0.2) is 51.4 Å². The maximum absolute atomic E-state index is 4.47. The van der Waals surface area contributed by atoms with Crippen LogP contribution in [0.3, 0.4) is 0 Å². The summed E-state index contributed by atoms with van der Waals surface area (Å²) in [4.78, 5) is 8.95. The summed E-state index contributed by atoms with van der Waals surface area (Å²) in [5, 5.41) is 0. The minimum Gasteiger partial charge on any atom is -0.378 e. The van der Waals surface area contributed by atoms with Crippen molar-refractivity contribution in [1.82, 2.24) is 4.90 Å². The lowest BCUT2D eigenvalue weighted by molar-refractivity contribution is 0.313. The number of hydrogen-bond acceptors (Lipinski definition) is 3. The lowest BCUT2D eigenvalue weighted by Crippen LogP contribution is -2.25. The van der Waals surface area contributed by atoms with Gasteiger partial charge in [-0.3, -0.25) is 4.99 Å². The Kier molecular flexibility index (Phi) is 6.44. The largest absolute Gasteiger partial charge is 0.378 e. The van der Waals surface area contributed by atoms with E-state index in [4.69, 9.17) is 0 Å². The van der Waals surface area contributed by atoms with Crippen LogP contribution in [0.2, 0.25) is 0 Å². The molecule has 1 rings (SSSR count). The monoisotopic (exact) mass is 247 g/mol. The van der Waals surface area contributed by atoms with E-state index in [1.54, 1.807) is 0 Å². The van der Waals surface area contributed by atoms with E-state index in [1.807, 2.05) is 20.3 Å². The standard InChI is InChI=1S/C15H25N3/c1-5-18(6-2)12-11-16-13-14-7-9-15(10-8-14)17(3)4/h7-10,13H,5-6,11-12H2,1-4H3. The molecule has 0 N–H and O–H groups in total. The fourth-order valence-electron chi connectivity index (χ4n) is 1.77. The van der Waals surface area contributed by atoms with Gasteiger partial charge in [0.1, 0.15) is 0 Å². The van der Waals surface area contributed by atoms with E-state index < -0.39 is 0 Å². The van der Waals surface area contributed by atoms with Gasteiger partial charge in [-0.15, -0.1) is 0 Å². The molecule has 0 atom stereocenters. The van der Waals surface area contributed by atoms with Crippen molar-refractivity contribution in [2.45, 2.75) is 13.8 Å². The Bertz CT molecular complexity index is 351. The maximum atomic E-state index is 4.47. The van der Waals surface area contributed by atoms with E-state index in [2.05, 4.69) is 52.9 Å². The van der Waals surface area contributed by atoms with E-state index in [0.29, 0.717) is 0 Å². The second kappa shape index (κ2) is 7.88. The van der Waals surface area contributed by atoms with Gasteiger partial charge in [-0.25, -0.2) is 0 Å². The van der Waals surface area contributed by atoms with Crippen molar-refractivity contribution in [2.24, 2.45) is 4.99 Å². The van der Waals surface area contributed by atoms with Crippen molar-refractivity contribution < 1.29 is 0 Å². The average Bonchev–Trinajstić information content (AvgIpc) is 2.39. The van der Waals surface area contributed by atoms with E-state index in [9.17, 15) is 0 Å². The molecule has 3 nitrogen and oxygen atoms in total. The first-order valence-electron chi connectivity index (χ1n) is 6.67. The van der Waals surface area contributed by atoms with E-state index in [0.717, 1.165) is 26.2 Å². The van der Waals surface area contributed by atoms with Crippen LogP contribution in [0.1, 0.15) is 19.4 Å². The number of benzene rings is 1. The molecule has 100 valence electrons. The molecule has 0 spiro atoms. The van der Waals surface area contributed by atoms with Gasteiger partial charge < -0.3 is 9.80 Å². The summed E-state index contributed by atoms with van der Waals surface area (Å²) in [5.74, 6) is 0. The fourth-order valence-corrected chi connectivity index (χ4v) is 1.77. The predicted octanol–water partition coefficient (Wildman–Crippen LogP) is 2.51. The topological polar surface area (TPSA) is 18.8 Å². The predicted molar refractivity (Wildman–Crippen MR) is 81.0 cm³/mol. The van der Waals surface area contributed by atoms with Crippen molar-refractivity contribution in [1.29, 1.82) is 0 Å². The van der Waals surface area contributed by atoms with Crippen molar-refractivity contribution >= 4 is 11.9 Å². The molecule has 0 aliphatic carbocycles. The number of anilines is 1. The SMILES string of the molecule is CCN(CC)CCN=Cc1ccc(N(C)C)cc1. The third kappa shape index (κ3) is 4.88. The number of hydrogen-bond donors (Lipinski definition) is 0. The normalized spacial score (nSPS) is 11.4. The van der Waals surface area contributed by atoms with Gasteiger partial charge >= 0.3 is 0 Å². The number of nitrogens with zero attached hydrogens (tertiary/aromatic N) is 3. The van der Waals surface area contributed by atoms with E-state index in [1.165, 1.54) is 11.3 Å². The molecule has 18 heavy (non-hydrogen) atoms. The molecule has 0 heterocycles. The molecule has 1 aromatic rings. The Morgan fingerprint density at radius 3 is 2.17 bits per heavy atom. The Balaban J connectivity index is 2.42. The Morgan fingerprint density at radius 2 is 1.67 bits per heavy atom. The summed E-state index contributed by atoms with van der Waals surface area (Å²) in [7, 11) is 4.10. The van der Waals surface area contributed by atoms with E-state index in [-0.39, 0.29) is 0 Å². The second-order valence-electron chi connectivity index (χ2n) is 4.55. The van der Waals surface area contributed by atoms with Crippen LogP contribution in [0.15, 0.2) is 29.3 Å². The Hall–Kier alpha value is -1.35. The van der Waals surface area contributed by atoms with Gasteiger partial charge in [0, 0.05) is 32.5 Å². The Labute approximate surface area is 111 Å². The molecule has 0 amide bonds. The summed E-state index contributed by atoms with van der Waals surface area (Å²) >= 11 is 0. The molecule has 3 heteroatoms. The first kappa shape index (κ1) is 14.7. The summed E-state index contributed by atoms with van der Waals surface area (Å²) in [6.45, 7) is 8.49. The highest BCUT2D eigenvalue weighted by atomic mass is 15.1. The van der Waals surface area contributed by atoms with Gasteiger partial charge in [-0.2, -0.15) is 0 Å². The highest BCUT2D eigenvalue weighted by Gasteiger charge is 1.96. The van der Waals surface area contributed by atoms with E-state index >= 15 is 0 Å². The van der Waals surface area contributed by atoms with Crippen LogP contribution in [0, 0.1) is 0 Å². The van der Waals surface area contributed by atoms with Crippen molar-refractivity contribution in [3.63, 3.8) is 0 Å². The van der Waals surface area contributed by atoms with Gasteiger partial charge in [-0.05, 0) is 30.8 Å². The Morgan fingerprint density at radius 1 is 1.06 bits per heavy atom. The van der Waals surface area contributed by atoms with Gasteiger partial charge in [0.05, 0.1) is 6.54 Å². The average molecular weight is 247 g/mol. The van der Waals surface area contributed by atoms with Crippen LogP contribution >= 0.6 is 0 Å². The van der Waals surface area contributed by atoms with Gasteiger partial charge in [0.15, 0.2) is 0 Å². The minimum absolute atomic E-state index is 0.872. The molecule has 0 bridgehead atoms. The third-order valence-corrected chi connectivity index (χ3v) is 3.09. The van der Waals surface area contributed by atoms with Crippen LogP contribution in [-0.2, 0) is 0 Å². The summed E-state index contributed by atoms with van der Waals surface area (Å²) < 4.78 is 0. The molecule has 0 aliphatic rings. The van der Waals surface area contributed by atoms with Crippen LogP contribution in [0.5, 0.6) is 0 Å². The first-order valence-corrected chi connectivity index (χ1v) is 6.67. The fraction of sp³-hybridized carbons (Fsp3) is 0.533. The molecule has 0 radical (unpaired) electrons. The van der Waals surface area contributed by atoms with Crippen LogP contribution in [0.4, 0.5) is 5.69 Å². The highest BCUT2D eigenvalue weighted by molar-refractivity contribution is 5.80. The maximum Gasteiger partial charge on any atom is 0.0517 e. The quantitative estimate of drug-likeness (QED) is 0.689. The molecule has 0 aromatic heterocycles. The lowest BCUT2D eigenvalue weighted by atomic mass is 10.2. The van der Waals surface area contributed by atoms with Gasteiger partial charge in [0.2, 0.25) is 0 Å². The molecular formula is C15H25N3. The van der Waals surface area contributed by atoms with Crippen molar-refractivity contribution in [2.75, 3.05) is 45.2 Å². The van der Waals surface area contributed by atoms with Gasteiger partial charge in [0.25, 0.3) is 0 Å². The molecular weight excluding hydrogens is 222 g/mol. The van der Waals surface area contributed by atoms with Crippen molar-refractivity contribution in [3.05, 3.63) is 29.8 Å². The minimum atomic E-state index is 0.872. The molecule has 0 aliphatic heterocycles. The zero-order valence-corrected chi connectivity index (χ0v) is 12.1. The number of likely N-dealkylation sites (N-methyl/N-ethyl adjacent to an activating group) is 1. The van der Waals surface area contributed by atoms with Crippen LogP contribution < -0.4 is 4.90 Å². The summed E-state index contributed by atoms with van der Waals surface area (Å²) in [6.07, 6.45) is 1.96.